The van der Waals surface area contributed by atoms with Gasteiger partial charge in [-0.05, 0) is 0 Å². The number of ether oxygens (including phenoxy) is 2. The van der Waals surface area contributed by atoms with Gasteiger partial charge in [0.1, 0.15) is 6.10 Å². The zero-order valence-corrected chi connectivity index (χ0v) is 7.19. The van der Waals surface area contributed by atoms with Crippen molar-refractivity contribution in [2.45, 2.75) is 25.4 Å². The summed E-state index contributed by atoms with van der Waals surface area (Å²) >= 11 is 0. The molecule has 0 aromatic carbocycles. The van der Waals surface area contributed by atoms with Crippen LogP contribution in [0.25, 0.3) is 0 Å². The minimum Gasteiger partial charge on any atom is -0.481 e. The van der Waals surface area contributed by atoms with Crippen molar-refractivity contribution in [1.82, 2.24) is 0 Å². The Morgan fingerprint density at radius 1 is 1.46 bits per heavy atom. The van der Waals surface area contributed by atoms with Gasteiger partial charge in [-0.15, -0.1) is 0 Å². The minimum absolute atomic E-state index is 0.0637. The number of esters is 1. The fourth-order valence-electron chi connectivity index (χ4n) is 1.06. The van der Waals surface area contributed by atoms with Crippen molar-refractivity contribution in [3.63, 3.8) is 0 Å². The number of carboxylic acid groups (broad SMARTS) is 1. The molecule has 5 heteroatoms. The van der Waals surface area contributed by atoms with Crippen LogP contribution in [0, 0.1) is 0 Å². The van der Waals surface area contributed by atoms with E-state index >= 15 is 0 Å². The van der Waals surface area contributed by atoms with Crippen molar-refractivity contribution >= 4 is 11.9 Å². The molecule has 0 aromatic rings. The highest BCUT2D eigenvalue weighted by atomic mass is 16.6. The Hall–Kier alpha value is -1.10. The van der Waals surface area contributed by atoms with E-state index in [1.807, 2.05) is 0 Å². The van der Waals surface area contributed by atoms with Crippen LogP contribution in [0.2, 0.25) is 0 Å². The number of aliphatic carboxylic acids is 1. The lowest BCUT2D eigenvalue weighted by Gasteiger charge is -2.08. The minimum atomic E-state index is -0.986. The third kappa shape index (κ3) is 3.89. The summed E-state index contributed by atoms with van der Waals surface area (Å²) in [7, 11) is 0. The maximum absolute atomic E-state index is 11.0. The van der Waals surface area contributed by atoms with Crippen LogP contribution < -0.4 is 0 Å². The first-order valence-corrected chi connectivity index (χ1v) is 4.17. The van der Waals surface area contributed by atoms with E-state index in [0.717, 1.165) is 0 Å². The molecular formula is C8H12O5. The molecule has 0 saturated carbocycles. The summed E-state index contributed by atoms with van der Waals surface area (Å²) in [5.74, 6) is -1.45. The van der Waals surface area contributed by atoms with Gasteiger partial charge in [0.15, 0.2) is 0 Å². The van der Waals surface area contributed by atoms with Gasteiger partial charge in [-0.2, -0.15) is 0 Å². The van der Waals surface area contributed by atoms with Crippen LogP contribution in [-0.2, 0) is 19.1 Å². The van der Waals surface area contributed by atoms with E-state index in [-0.39, 0.29) is 18.9 Å². The Labute approximate surface area is 75.6 Å². The molecule has 1 aliphatic rings. The van der Waals surface area contributed by atoms with Crippen LogP contribution in [0.3, 0.4) is 0 Å². The van der Waals surface area contributed by atoms with Gasteiger partial charge in [-0.25, -0.2) is 0 Å². The number of hydrogen-bond acceptors (Lipinski definition) is 4. The van der Waals surface area contributed by atoms with Gasteiger partial charge >= 0.3 is 11.9 Å². The van der Waals surface area contributed by atoms with Crippen LogP contribution in [0.5, 0.6) is 0 Å². The maximum atomic E-state index is 11.0. The first-order valence-electron chi connectivity index (χ1n) is 4.17. The summed E-state index contributed by atoms with van der Waals surface area (Å²) in [6, 6.07) is 0. The third-order valence-electron chi connectivity index (χ3n) is 1.73. The molecule has 74 valence electrons. The van der Waals surface area contributed by atoms with Crippen molar-refractivity contribution in [2.24, 2.45) is 0 Å². The molecular weight excluding hydrogens is 176 g/mol. The van der Waals surface area contributed by atoms with Crippen LogP contribution in [0.1, 0.15) is 19.3 Å². The number of hydrogen-bond donors (Lipinski definition) is 1. The molecule has 1 rings (SSSR count). The lowest BCUT2D eigenvalue weighted by Crippen LogP contribution is -2.18. The van der Waals surface area contributed by atoms with Gasteiger partial charge in [0, 0.05) is 6.42 Å². The molecule has 1 heterocycles. The van der Waals surface area contributed by atoms with Gasteiger partial charge in [0.2, 0.25) is 0 Å². The average molecular weight is 188 g/mol. The van der Waals surface area contributed by atoms with E-state index in [9.17, 15) is 9.59 Å². The highest BCUT2D eigenvalue weighted by molar-refractivity contribution is 5.76. The predicted octanol–water partition coefficient (Wildman–Crippen LogP) is 0.183. The second-order valence-electron chi connectivity index (χ2n) is 2.87. The second kappa shape index (κ2) is 4.81. The highest BCUT2D eigenvalue weighted by Gasteiger charge is 2.19. The number of carboxylic acids is 1. The number of rotatable bonds is 4. The summed E-state index contributed by atoms with van der Waals surface area (Å²) in [4.78, 5) is 21.1. The molecule has 0 aromatic heterocycles. The lowest BCUT2D eigenvalue weighted by molar-refractivity contribution is -0.151. The van der Waals surface area contributed by atoms with Crippen molar-refractivity contribution in [2.75, 3.05) is 13.2 Å². The van der Waals surface area contributed by atoms with Gasteiger partial charge in [-0.3, -0.25) is 9.59 Å². The van der Waals surface area contributed by atoms with E-state index in [2.05, 4.69) is 0 Å². The molecule has 1 saturated heterocycles. The fourth-order valence-corrected chi connectivity index (χ4v) is 1.06. The molecule has 0 spiro atoms. The Morgan fingerprint density at radius 2 is 2.23 bits per heavy atom. The van der Waals surface area contributed by atoms with Crippen molar-refractivity contribution in [1.29, 1.82) is 0 Å². The molecule has 1 unspecified atom stereocenters. The number of carbonyl (C=O) groups is 2. The summed E-state index contributed by atoms with van der Waals surface area (Å²) in [5, 5.41) is 8.29. The van der Waals surface area contributed by atoms with Crippen LogP contribution >= 0.6 is 0 Å². The Kier molecular flexibility index (Phi) is 3.70. The molecule has 5 nitrogen and oxygen atoms in total. The van der Waals surface area contributed by atoms with E-state index < -0.39 is 11.9 Å². The Morgan fingerprint density at radius 3 is 2.77 bits per heavy atom. The third-order valence-corrected chi connectivity index (χ3v) is 1.73. The maximum Gasteiger partial charge on any atom is 0.306 e. The summed E-state index contributed by atoms with van der Waals surface area (Å²) in [6.07, 6.45) is 0.290. The van der Waals surface area contributed by atoms with E-state index in [0.29, 0.717) is 19.6 Å². The topological polar surface area (TPSA) is 72.8 Å². The highest BCUT2D eigenvalue weighted by Crippen LogP contribution is 2.09. The Bertz CT molecular complexity index is 195. The largest absolute Gasteiger partial charge is 0.481 e. The normalized spacial score (nSPS) is 21.4. The zero-order chi connectivity index (χ0) is 9.68. The molecule has 1 atom stereocenters. The van der Waals surface area contributed by atoms with Gasteiger partial charge in [0.05, 0.1) is 26.1 Å². The lowest BCUT2D eigenvalue weighted by atomic mass is 10.3. The van der Waals surface area contributed by atoms with E-state index in [4.69, 9.17) is 14.6 Å². The van der Waals surface area contributed by atoms with Crippen LogP contribution in [0.15, 0.2) is 0 Å². The van der Waals surface area contributed by atoms with Gasteiger partial charge < -0.3 is 14.6 Å². The number of carbonyl (C=O) groups excluding carboxylic acids is 1. The quantitative estimate of drug-likeness (QED) is 0.637. The molecule has 13 heavy (non-hydrogen) atoms. The van der Waals surface area contributed by atoms with Crippen molar-refractivity contribution < 1.29 is 24.2 Å². The molecule has 0 aliphatic carbocycles. The molecule has 1 N–H and O–H groups in total. The molecule has 1 aliphatic heterocycles. The fraction of sp³-hybridized carbons (Fsp3) is 0.750. The first-order chi connectivity index (χ1) is 6.18. The smallest absolute Gasteiger partial charge is 0.306 e. The summed E-state index contributed by atoms with van der Waals surface area (Å²) in [6.45, 7) is 1.04. The van der Waals surface area contributed by atoms with Gasteiger partial charge in [-0.1, -0.05) is 0 Å². The summed E-state index contributed by atoms with van der Waals surface area (Å²) in [5.41, 5.74) is 0. The molecule has 0 bridgehead atoms. The monoisotopic (exact) mass is 188 g/mol. The van der Waals surface area contributed by atoms with Crippen LogP contribution in [-0.4, -0.2) is 36.4 Å². The molecule has 0 radical (unpaired) electrons. The van der Waals surface area contributed by atoms with Crippen LogP contribution in [0.4, 0.5) is 0 Å². The molecule has 0 amide bonds. The van der Waals surface area contributed by atoms with Crippen molar-refractivity contribution in [3.05, 3.63) is 0 Å². The Balaban J connectivity index is 2.13. The van der Waals surface area contributed by atoms with E-state index in [1.165, 1.54) is 0 Å². The van der Waals surface area contributed by atoms with Gasteiger partial charge in [0.25, 0.3) is 0 Å². The first kappa shape index (κ1) is 9.98. The SMILES string of the molecule is O=C(O)CCC(=O)OC1CCOC1. The summed E-state index contributed by atoms with van der Waals surface area (Å²) < 4.78 is 9.92. The zero-order valence-electron chi connectivity index (χ0n) is 7.19. The standard InChI is InChI=1S/C8H12O5/c9-7(10)1-2-8(11)13-6-3-4-12-5-6/h6H,1-5H2,(H,9,10). The molecule has 1 fully saturated rings. The predicted molar refractivity (Wildman–Crippen MR) is 42.2 cm³/mol. The van der Waals surface area contributed by atoms with Crippen molar-refractivity contribution in [3.8, 4) is 0 Å². The average Bonchev–Trinajstić information content (AvgIpc) is 2.53. The van der Waals surface area contributed by atoms with E-state index in [1.54, 1.807) is 0 Å². The second-order valence-corrected chi connectivity index (χ2v) is 2.87.